The molecule has 1 spiro atoms. The van der Waals surface area contributed by atoms with Crippen LogP contribution in [0.25, 0.3) is 0 Å². The third-order valence-electron chi connectivity index (χ3n) is 5.24. The van der Waals surface area contributed by atoms with Crippen LogP contribution in [0.15, 0.2) is 47.1 Å². The fraction of sp³-hybridized carbons (Fsp3) is 0.350. The number of carbonyl (C=O) groups excluding carboxylic acids is 3. The van der Waals surface area contributed by atoms with Crippen LogP contribution in [-0.4, -0.2) is 38.0 Å². The molecular formula is C20H20N2O6. The van der Waals surface area contributed by atoms with Crippen molar-refractivity contribution in [3.8, 4) is 0 Å². The zero-order valence-corrected chi connectivity index (χ0v) is 15.4. The van der Waals surface area contributed by atoms with Crippen molar-refractivity contribution in [2.24, 2.45) is 5.73 Å². The Labute approximate surface area is 161 Å². The van der Waals surface area contributed by atoms with E-state index in [1.807, 2.05) is 0 Å². The smallest absolute Gasteiger partial charge is 0.341 e. The maximum absolute atomic E-state index is 13.3. The van der Waals surface area contributed by atoms with E-state index in [2.05, 4.69) is 5.32 Å². The summed E-state index contributed by atoms with van der Waals surface area (Å²) in [6.07, 6.45) is 1.33. The molecule has 0 bridgehead atoms. The molecule has 8 heteroatoms. The van der Waals surface area contributed by atoms with Crippen molar-refractivity contribution >= 4 is 23.3 Å². The van der Waals surface area contributed by atoms with E-state index in [1.165, 1.54) is 7.11 Å². The lowest BCUT2D eigenvalue weighted by molar-refractivity contribution is -0.142. The number of allylic oxidation sites excluding steroid dienone is 1. The van der Waals surface area contributed by atoms with Crippen LogP contribution in [0, 0.1) is 0 Å². The minimum atomic E-state index is -1.67. The molecule has 1 aromatic rings. The lowest BCUT2D eigenvalue weighted by Gasteiger charge is -2.38. The van der Waals surface area contributed by atoms with Crippen LogP contribution in [0.1, 0.15) is 24.8 Å². The molecule has 1 aliphatic carbocycles. The van der Waals surface area contributed by atoms with Crippen LogP contribution in [0.4, 0.5) is 5.69 Å². The highest BCUT2D eigenvalue weighted by molar-refractivity contribution is 6.22. The molecule has 0 saturated heterocycles. The van der Waals surface area contributed by atoms with E-state index in [1.54, 1.807) is 24.3 Å². The SMILES string of the molecule is COCCOC(=O)C1=C(N)OC2=C(C(=O)CCC2)[C@]12C(=O)Nc1ccccc12. The summed E-state index contributed by atoms with van der Waals surface area (Å²) in [4.78, 5) is 39.2. The standard InChI is InChI=1S/C20H20N2O6/c1-26-9-10-27-18(24)16-17(21)28-14-8-4-7-13(23)15(14)20(16)11-5-2-3-6-12(11)22-19(20)25/h2-3,5-6H,4,7-10,21H2,1H3,(H,22,25)/t20-/m0/s1. The maximum atomic E-state index is 13.3. The van der Waals surface area contributed by atoms with Gasteiger partial charge < -0.3 is 25.3 Å². The Morgan fingerprint density at radius 1 is 1.25 bits per heavy atom. The lowest BCUT2D eigenvalue weighted by Crippen LogP contribution is -2.49. The Kier molecular flexibility index (Phi) is 4.43. The third kappa shape index (κ3) is 2.45. The molecule has 0 saturated carbocycles. The number of fused-ring (bicyclic) bond motifs is 3. The number of amides is 1. The van der Waals surface area contributed by atoms with E-state index in [4.69, 9.17) is 19.9 Å². The number of hydrogen-bond acceptors (Lipinski definition) is 7. The van der Waals surface area contributed by atoms with Gasteiger partial charge in [0, 0.05) is 31.2 Å². The molecule has 8 nitrogen and oxygen atoms in total. The molecule has 3 aliphatic rings. The number of nitrogens with two attached hydrogens (primary N) is 1. The number of esters is 1. The highest BCUT2D eigenvalue weighted by Gasteiger charge is 2.61. The fourth-order valence-electron chi connectivity index (χ4n) is 4.13. The summed E-state index contributed by atoms with van der Waals surface area (Å²) in [5, 5.41) is 2.78. The van der Waals surface area contributed by atoms with Gasteiger partial charge in [0.05, 0.1) is 12.2 Å². The van der Waals surface area contributed by atoms with E-state index in [-0.39, 0.29) is 42.4 Å². The Balaban J connectivity index is 1.94. The summed E-state index contributed by atoms with van der Waals surface area (Å²) in [7, 11) is 1.48. The van der Waals surface area contributed by atoms with Gasteiger partial charge in [0.1, 0.15) is 23.4 Å². The van der Waals surface area contributed by atoms with Gasteiger partial charge in [-0.05, 0) is 12.5 Å². The van der Waals surface area contributed by atoms with Gasteiger partial charge in [-0.15, -0.1) is 0 Å². The minimum Gasteiger partial charge on any atom is -0.460 e. The van der Waals surface area contributed by atoms with E-state index >= 15 is 0 Å². The van der Waals surface area contributed by atoms with Crippen molar-refractivity contribution in [3.63, 3.8) is 0 Å². The van der Waals surface area contributed by atoms with E-state index in [0.29, 0.717) is 29.9 Å². The topological polar surface area (TPSA) is 117 Å². The molecule has 2 aliphatic heterocycles. The predicted octanol–water partition coefficient (Wildman–Crippen LogP) is 1.27. The van der Waals surface area contributed by atoms with Crippen LogP contribution >= 0.6 is 0 Å². The Morgan fingerprint density at radius 3 is 2.82 bits per heavy atom. The number of rotatable bonds is 4. The average Bonchev–Trinajstić information content (AvgIpc) is 2.94. The molecule has 0 aromatic heterocycles. The number of hydrogen-bond donors (Lipinski definition) is 2. The first-order valence-corrected chi connectivity index (χ1v) is 9.03. The van der Waals surface area contributed by atoms with Gasteiger partial charge in [-0.25, -0.2) is 4.79 Å². The van der Waals surface area contributed by atoms with Crippen molar-refractivity contribution in [3.05, 3.63) is 52.6 Å². The zero-order chi connectivity index (χ0) is 19.9. The van der Waals surface area contributed by atoms with Gasteiger partial charge in [0.25, 0.3) is 0 Å². The maximum Gasteiger partial charge on any atom is 0.341 e. The molecule has 0 unspecified atom stereocenters. The predicted molar refractivity (Wildman–Crippen MR) is 97.8 cm³/mol. The molecule has 1 amide bonds. The Morgan fingerprint density at radius 2 is 2.04 bits per heavy atom. The van der Waals surface area contributed by atoms with Gasteiger partial charge >= 0.3 is 5.97 Å². The fourth-order valence-corrected chi connectivity index (χ4v) is 4.13. The van der Waals surface area contributed by atoms with E-state index in [9.17, 15) is 14.4 Å². The molecule has 3 N–H and O–H groups in total. The molecule has 2 heterocycles. The Bertz CT molecular complexity index is 948. The van der Waals surface area contributed by atoms with Crippen LogP contribution in [0.3, 0.4) is 0 Å². The normalized spacial score (nSPS) is 23.3. The number of carbonyl (C=O) groups is 3. The van der Waals surface area contributed by atoms with Gasteiger partial charge in [0.15, 0.2) is 5.78 Å². The van der Waals surface area contributed by atoms with E-state index < -0.39 is 17.3 Å². The van der Waals surface area contributed by atoms with Gasteiger partial charge in [-0.3, -0.25) is 9.59 Å². The van der Waals surface area contributed by atoms with Gasteiger partial charge in [-0.2, -0.15) is 0 Å². The number of para-hydroxylation sites is 1. The summed E-state index contributed by atoms with van der Waals surface area (Å²) in [6.45, 7) is 0.160. The summed E-state index contributed by atoms with van der Waals surface area (Å²) in [6, 6.07) is 6.93. The monoisotopic (exact) mass is 384 g/mol. The summed E-state index contributed by atoms with van der Waals surface area (Å²) < 4.78 is 15.8. The molecule has 4 rings (SSSR count). The van der Waals surface area contributed by atoms with Crippen LogP contribution < -0.4 is 11.1 Å². The average molecular weight is 384 g/mol. The molecular weight excluding hydrogens is 364 g/mol. The second kappa shape index (κ2) is 6.79. The largest absolute Gasteiger partial charge is 0.460 e. The highest BCUT2D eigenvalue weighted by atomic mass is 16.6. The number of Topliss-reactive ketones (excluding diaryl/α,β-unsaturated/α-hetero) is 1. The molecule has 28 heavy (non-hydrogen) atoms. The van der Waals surface area contributed by atoms with Crippen LogP contribution in [0.5, 0.6) is 0 Å². The summed E-state index contributed by atoms with van der Waals surface area (Å²) >= 11 is 0. The highest BCUT2D eigenvalue weighted by Crippen LogP contribution is 2.54. The molecule has 1 aromatic carbocycles. The summed E-state index contributed by atoms with van der Waals surface area (Å²) in [5.41, 5.74) is 5.46. The first-order valence-electron chi connectivity index (χ1n) is 9.03. The van der Waals surface area contributed by atoms with Gasteiger partial charge in [0.2, 0.25) is 11.8 Å². The molecule has 1 atom stereocenters. The van der Waals surface area contributed by atoms with Gasteiger partial charge in [-0.1, -0.05) is 18.2 Å². The van der Waals surface area contributed by atoms with Crippen molar-refractivity contribution in [2.75, 3.05) is 25.6 Å². The number of nitrogens with one attached hydrogen (secondary N) is 1. The summed E-state index contributed by atoms with van der Waals surface area (Å²) in [5.74, 6) is -1.44. The van der Waals surface area contributed by atoms with E-state index in [0.717, 1.165) is 0 Å². The second-order valence-electron chi connectivity index (χ2n) is 6.79. The van der Waals surface area contributed by atoms with Crippen molar-refractivity contribution in [1.82, 2.24) is 0 Å². The first-order chi connectivity index (χ1) is 13.5. The van der Waals surface area contributed by atoms with Crippen molar-refractivity contribution in [2.45, 2.75) is 24.7 Å². The molecule has 0 radical (unpaired) electrons. The number of methoxy groups -OCH3 is 1. The number of anilines is 1. The van der Waals surface area contributed by atoms with Crippen LogP contribution in [-0.2, 0) is 34.0 Å². The zero-order valence-electron chi connectivity index (χ0n) is 15.4. The molecule has 0 fully saturated rings. The minimum absolute atomic E-state index is 0.0225. The molecule has 146 valence electrons. The van der Waals surface area contributed by atoms with Crippen molar-refractivity contribution in [1.29, 1.82) is 0 Å². The lowest BCUT2D eigenvalue weighted by atomic mass is 9.65. The first kappa shape index (κ1) is 18.2. The van der Waals surface area contributed by atoms with Crippen molar-refractivity contribution < 1.29 is 28.6 Å². The third-order valence-corrected chi connectivity index (χ3v) is 5.24. The quantitative estimate of drug-likeness (QED) is 0.593. The van der Waals surface area contributed by atoms with Crippen LogP contribution in [0.2, 0.25) is 0 Å². The second-order valence-corrected chi connectivity index (χ2v) is 6.79. The number of benzene rings is 1. The number of ketones is 1. The number of ether oxygens (including phenoxy) is 3. The Hall–Kier alpha value is -3.13.